The molecule has 0 amide bonds. The van der Waals surface area contributed by atoms with Gasteiger partial charge in [-0.1, -0.05) is 103 Å². The number of ether oxygens (including phenoxy) is 1. The van der Waals surface area contributed by atoms with Crippen LogP contribution in [0.25, 0.3) is 0 Å². The summed E-state index contributed by atoms with van der Waals surface area (Å²) in [6, 6.07) is 0. The zero-order chi connectivity index (χ0) is 16.3. The average molecular weight is 332 g/mol. The highest BCUT2D eigenvalue weighted by atomic mass is 16.7. The van der Waals surface area contributed by atoms with E-state index in [2.05, 4.69) is 11.7 Å². The molecule has 0 bridgehead atoms. The quantitative estimate of drug-likeness (QED) is 0.220. The topological polar surface area (TPSA) is 81.5 Å². The second-order valence-electron chi connectivity index (χ2n) is 6.42. The fourth-order valence-electron chi connectivity index (χ4n) is 2.81. The van der Waals surface area contributed by atoms with Crippen molar-refractivity contribution in [2.75, 3.05) is 6.61 Å². The van der Waals surface area contributed by atoms with E-state index in [9.17, 15) is 4.79 Å². The maximum Gasteiger partial charge on any atom is 0.505 e. The van der Waals surface area contributed by atoms with Crippen LogP contribution in [-0.4, -0.2) is 17.9 Å². The van der Waals surface area contributed by atoms with Crippen molar-refractivity contribution in [3.63, 3.8) is 0 Å². The standard InChI is InChI=1S/C19H38O3.H3N/c1-2-3-4-5-6-7-8-9-10-11-12-13-14-15-16-17-18-22-19(20)21;/h2-18H2,1H3,(H,20,21);1H3. The van der Waals surface area contributed by atoms with Crippen molar-refractivity contribution < 1.29 is 14.6 Å². The maximum absolute atomic E-state index is 10.1. The van der Waals surface area contributed by atoms with Gasteiger partial charge in [-0.15, -0.1) is 0 Å². The van der Waals surface area contributed by atoms with E-state index in [1.165, 1.54) is 89.9 Å². The summed E-state index contributed by atoms with van der Waals surface area (Å²) in [6.07, 6.45) is 20.1. The van der Waals surface area contributed by atoms with Crippen LogP contribution in [0.5, 0.6) is 0 Å². The lowest BCUT2D eigenvalue weighted by Gasteiger charge is -2.03. The van der Waals surface area contributed by atoms with Gasteiger partial charge in [0.1, 0.15) is 0 Å². The summed E-state index contributed by atoms with van der Waals surface area (Å²) in [5, 5.41) is 8.32. The fourth-order valence-corrected chi connectivity index (χ4v) is 2.81. The molecule has 0 saturated heterocycles. The second-order valence-corrected chi connectivity index (χ2v) is 6.42. The molecule has 140 valence electrons. The Labute approximate surface area is 144 Å². The lowest BCUT2D eigenvalue weighted by Crippen LogP contribution is -2.01. The Kier molecular flexibility index (Phi) is 22.6. The molecule has 0 heterocycles. The Bertz CT molecular complexity index is 235. The minimum atomic E-state index is -1.15. The average Bonchev–Trinajstić information content (AvgIpc) is 2.50. The molecule has 0 saturated carbocycles. The highest BCUT2D eigenvalue weighted by Gasteiger charge is 1.96. The zero-order valence-electron chi connectivity index (χ0n) is 15.5. The number of hydrogen-bond acceptors (Lipinski definition) is 3. The summed E-state index contributed by atoms with van der Waals surface area (Å²) in [7, 11) is 0. The summed E-state index contributed by atoms with van der Waals surface area (Å²) in [5.41, 5.74) is 0. The van der Waals surface area contributed by atoms with Gasteiger partial charge in [-0.05, 0) is 6.42 Å². The van der Waals surface area contributed by atoms with E-state index >= 15 is 0 Å². The molecule has 0 aliphatic heterocycles. The molecule has 0 radical (unpaired) electrons. The molecule has 4 heteroatoms. The van der Waals surface area contributed by atoms with Crippen LogP contribution < -0.4 is 6.15 Å². The molecule has 0 rings (SSSR count). The summed E-state index contributed by atoms with van der Waals surface area (Å²) in [4.78, 5) is 10.1. The lowest BCUT2D eigenvalue weighted by atomic mass is 10.0. The van der Waals surface area contributed by atoms with E-state index in [0.29, 0.717) is 6.61 Å². The monoisotopic (exact) mass is 331 g/mol. The smallest absolute Gasteiger partial charge is 0.450 e. The van der Waals surface area contributed by atoms with E-state index in [-0.39, 0.29) is 6.15 Å². The molecule has 23 heavy (non-hydrogen) atoms. The molecule has 0 aliphatic rings. The fraction of sp³-hybridized carbons (Fsp3) is 0.947. The van der Waals surface area contributed by atoms with Crippen molar-refractivity contribution >= 4 is 6.16 Å². The van der Waals surface area contributed by atoms with Crippen LogP contribution in [0.15, 0.2) is 0 Å². The first-order valence-electron chi connectivity index (χ1n) is 9.63. The first-order chi connectivity index (χ1) is 10.8. The molecule has 4 nitrogen and oxygen atoms in total. The highest BCUT2D eigenvalue weighted by Crippen LogP contribution is 2.13. The van der Waals surface area contributed by atoms with Crippen LogP contribution in [0.2, 0.25) is 0 Å². The van der Waals surface area contributed by atoms with Crippen LogP contribution >= 0.6 is 0 Å². The molecule has 0 aromatic heterocycles. The number of carboxylic acid groups (broad SMARTS) is 1. The molecule has 0 atom stereocenters. The van der Waals surface area contributed by atoms with Crippen LogP contribution in [0.1, 0.15) is 110 Å². The largest absolute Gasteiger partial charge is 0.505 e. The van der Waals surface area contributed by atoms with Crippen LogP contribution in [0, 0.1) is 0 Å². The third-order valence-corrected chi connectivity index (χ3v) is 4.22. The summed E-state index contributed by atoms with van der Waals surface area (Å²) in [5.74, 6) is 0. The Hall–Kier alpha value is -0.770. The van der Waals surface area contributed by atoms with Crippen LogP contribution in [-0.2, 0) is 4.74 Å². The van der Waals surface area contributed by atoms with E-state index < -0.39 is 6.16 Å². The molecular weight excluding hydrogens is 290 g/mol. The van der Waals surface area contributed by atoms with Crippen LogP contribution in [0.3, 0.4) is 0 Å². The van der Waals surface area contributed by atoms with Gasteiger partial charge in [0.05, 0.1) is 6.61 Å². The molecule has 0 unspecified atom stereocenters. The number of carbonyl (C=O) groups is 1. The minimum Gasteiger partial charge on any atom is -0.450 e. The molecule has 4 N–H and O–H groups in total. The normalized spacial score (nSPS) is 10.3. The lowest BCUT2D eigenvalue weighted by molar-refractivity contribution is 0.0899. The number of rotatable bonds is 17. The zero-order valence-corrected chi connectivity index (χ0v) is 15.5. The van der Waals surface area contributed by atoms with Crippen molar-refractivity contribution in [2.45, 2.75) is 110 Å². The SMILES string of the molecule is CCCCCCCCCCCCCCCCCCOC(=O)O.N. The van der Waals surface area contributed by atoms with Crippen molar-refractivity contribution in [2.24, 2.45) is 0 Å². The first kappa shape index (κ1) is 24.5. The second kappa shape index (κ2) is 21.2. The van der Waals surface area contributed by atoms with Crippen molar-refractivity contribution in [1.29, 1.82) is 0 Å². The third-order valence-electron chi connectivity index (χ3n) is 4.22. The van der Waals surface area contributed by atoms with Crippen molar-refractivity contribution in [1.82, 2.24) is 6.15 Å². The highest BCUT2D eigenvalue weighted by molar-refractivity contribution is 5.56. The first-order valence-corrected chi connectivity index (χ1v) is 9.63. The van der Waals surface area contributed by atoms with E-state index in [1.807, 2.05) is 0 Å². The molecular formula is C19H41NO3. The Balaban J connectivity index is 0. The van der Waals surface area contributed by atoms with Gasteiger partial charge in [-0.25, -0.2) is 4.79 Å². The van der Waals surface area contributed by atoms with Gasteiger partial charge in [0.25, 0.3) is 0 Å². The Morgan fingerprint density at radius 2 is 0.957 bits per heavy atom. The number of hydrogen-bond donors (Lipinski definition) is 2. The predicted molar refractivity (Wildman–Crippen MR) is 98.5 cm³/mol. The van der Waals surface area contributed by atoms with Crippen molar-refractivity contribution in [3.05, 3.63) is 0 Å². The molecule has 0 aliphatic carbocycles. The van der Waals surface area contributed by atoms with Gasteiger partial charge in [0.2, 0.25) is 0 Å². The molecule has 0 aromatic rings. The van der Waals surface area contributed by atoms with Crippen molar-refractivity contribution in [3.8, 4) is 0 Å². The maximum atomic E-state index is 10.1. The van der Waals surface area contributed by atoms with E-state index in [4.69, 9.17) is 5.11 Å². The van der Waals surface area contributed by atoms with Gasteiger partial charge >= 0.3 is 6.16 Å². The minimum absolute atomic E-state index is 0. The third kappa shape index (κ3) is 23.6. The molecule has 0 fully saturated rings. The van der Waals surface area contributed by atoms with Gasteiger partial charge < -0.3 is 16.0 Å². The van der Waals surface area contributed by atoms with Gasteiger partial charge in [-0.3, -0.25) is 0 Å². The Morgan fingerprint density at radius 3 is 1.26 bits per heavy atom. The van der Waals surface area contributed by atoms with Gasteiger partial charge in [0, 0.05) is 0 Å². The summed E-state index contributed by atoms with van der Waals surface area (Å²) >= 11 is 0. The van der Waals surface area contributed by atoms with Crippen LogP contribution in [0.4, 0.5) is 4.79 Å². The van der Waals surface area contributed by atoms with E-state index in [0.717, 1.165) is 12.8 Å². The summed E-state index contributed by atoms with van der Waals surface area (Å²) in [6.45, 7) is 2.63. The van der Waals surface area contributed by atoms with E-state index in [1.54, 1.807) is 0 Å². The van der Waals surface area contributed by atoms with Gasteiger partial charge in [-0.2, -0.15) is 0 Å². The predicted octanol–water partition coefficient (Wildman–Crippen LogP) is 7.10. The summed E-state index contributed by atoms with van der Waals surface area (Å²) < 4.78 is 4.48. The molecule has 0 aromatic carbocycles. The number of unbranched alkanes of at least 4 members (excludes halogenated alkanes) is 15. The van der Waals surface area contributed by atoms with Gasteiger partial charge in [0.15, 0.2) is 0 Å². The Morgan fingerprint density at radius 1 is 0.652 bits per heavy atom. The molecule has 0 spiro atoms.